The molecule has 2 rings (SSSR count). The Morgan fingerprint density at radius 3 is 2.80 bits per heavy atom. The molecule has 1 N–H and O–H groups in total. The minimum absolute atomic E-state index is 0.0812. The molecule has 10 nitrogen and oxygen atoms in total. The second kappa shape index (κ2) is 7.96. The predicted molar refractivity (Wildman–Crippen MR) is 85.3 cm³/mol. The topological polar surface area (TPSA) is 143 Å². The molecule has 10 heteroatoms. The molecule has 1 unspecified atom stereocenters. The second-order valence-electron chi connectivity index (χ2n) is 4.88. The number of carbonyl (C=O) groups excluding carboxylic acids is 1. The summed E-state index contributed by atoms with van der Waals surface area (Å²) in [6.45, 7) is 3.97. The average Bonchev–Trinajstić information content (AvgIpc) is 3.02. The van der Waals surface area contributed by atoms with Gasteiger partial charge in [-0.3, -0.25) is 4.79 Å². The van der Waals surface area contributed by atoms with Gasteiger partial charge in [-0.1, -0.05) is 0 Å². The van der Waals surface area contributed by atoms with Crippen molar-refractivity contribution in [2.75, 3.05) is 13.2 Å². The van der Waals surface area contributed by atoms with Gasteiger partial charge in [0.25, 0.3) is 0 Å². The van der Waals surface area contributed by atoms with Gasteiger partial charge in [0.2, 0.25) is 0 Å². The highest BCUT2D eigenvalue weighted by atomic mass is 16.5. The number of azo groups is 1. The Balaban J connectivity index is 2.37. The van der Waals surface area contributed by atoms with Crippen molar-refractivity contribution in [1.29, 1.82) is 5.26 Å². The van der Waals surface area contributed by atoms with Crippen LogP contribution in [0.5, 0.6) is 0 Å². The van der Waals surface area contributed by atoms with E-state index in [1.807, 2.05) is 6.92 Å². The standard InChI is InChI=1S/C15H16N6O4/c1-3-21-13-10(8-19-21)12(11(7-17-13)14(22)23)20-18-6-9(5-16)15(24)25-4-2/h7-9H,3-4,6H2,1-2H3,(H,22,23). The largest absolute Gasteiger partial charge is 0.478 e. The smallest absolute Gasteiger partial charge is 0.339 e. The zero-order valence-corrected chi connectivity index (χ0v) is 13.7. The van der Waals surface area contributed by atoms with E-state index in [0.29, 0.717) is 17.6 Å². The van der Waals surface area contributed by atoms with Crippen LogP contribution in [0, 0.1) is 17.2 Å². The Morgan fingerprint density at radius 2 is 2.20 bits per heavy atom. The Kier molecular flexibility index (Phi) is 5.73. The number of hydrogen-bond acceptors (Lipinski definition) is 8. The van der Waals surface area contributed by atoms with Crippen LogP contribution in [0.15, 0.2) is 22.6 Å². The predicted octanol–water partition coefficient (Wildman–Crippen LogP) is 1.94. The highest BCUT2D eigenvalue weighted by Gasteiger charge is 2.20. The van der Waals surface area contributed by atoms with Gasteiger partial charge in [0.1, 0.15) is 11.3 Å². The van der Waals surface area contributed by atoms with E-state index in [1.54, 1.807) is 17.7 Å². The maximum Gasteiger partial charge on any atom is 0.339 e. The number of esters is 1. The van der Waals surface area contributed by atoms with Crippen LogP contribution >= 0.6 is 0 Å². The molecule has 2 aromatic rings. The number of aromatic carboxylic acids is 1. The van der Waals surface area contributed by atoms with Gasteiger partial charge in [0.15, 0.2) is 11.6 Å². The van der Waals surface area contributed by atoms with Crippen LogP contribution in [0.1, 0.15) is 24.2 Å². The van der Waals surface area contributed by atoms with Crippen LogP contribution in [-0.4, -0.2) is 45.0 Å². The molecule has 0 bridgehead atoms. The van der Waals surface area contributed by atoms with E-state index in [2.05, 4.69) is 20.3 Å². The molecule has 0 aliphatic heterocycles. The van der Waals surface area contributed by atoms with Crippen molar-refractivity contribution in [2.45, 2.75) is 20.4 Å². The Morgan fingerprint density at radius 1 is 1.44 bits per heavy atom. The van der Waals surface area contributed by atoms with Crippen molar-refractivity contribution < 1.29 is 19.4 Å². The fourth-order valence-electron chi connectivity index (χ4n) is 2.11. The zero-order chi connectivity index (χ0) is 18.4. The lowest BCUT2D eigenvalue weighted by atomic mass is 10.2. The van der Waals surface area contributed by atoms with E-state index in [9.17, 15) is 14.7 Å². The number of ether oxygens (including phenoxy) is 1. The molecule has 0 saturated heterocycles. The molecule has 0 aliphatic carbocycles. The normalized spacial score (nSPS) is 12.2. The molecule has 25 heavy (non-hydrogen) atoms. The number of fused-ring (bicyclic) bond motifs is 1. The summed E-state index contributed by atoms with van der Waals surface area (Å²) in [7, 11) is 0. The first kappa shape index (κ1) is 18.0. The van der Waals surface area contributed by atoms with Gasteiger partial charge in [-0.25, -0.2) is 14.5 Å². The molecule has 2 aromatic heterocycles. The number of aromatic nitrogens is 3. The number of nitriles is 1. The Hall–Kier alpha value is -3.35. The van der Waals surface area contributed by atoms with E-state index in [4.69, 9.17) is 10.00 Å². The van der Waals surface area contributed by atoms with Gasteiger partial charge in [-0.05, 0) is 13.8 Å². The van der Waals surface area contributed by atoms with Gasteiger partial charge in [-0.15, -0.1) is 0 Å². The van der Waals surface area contributed by atoms with Gasteiger partial charge in [-0.2, -0.15) is 20.6 Å². The van der Waals surface area contributed by atoms with Crippen molar-refractivity contribution >= 4 is 28.7 Å². The van der Waals surface area contributed by atoms with Crippen LogP contribution in [0.2, 0.25) is 0 Å². The molecule has 2 heterocycles. The van der Waals surface area contributed by atoms with Crippen molar-refractivity contribution in [3.05, 3.63) is 18.0 Å². The molecular formula is C15H16N6O4. The molecule has 0 spiro atoms. The highest BCUT2D eigenvalue weighted by molar-refractivity contribution is 6.01. The van der Waals surface area contributed by atoms with Gasteiger partial charge >= 0.3 is 11.9 Å². The minimum Gasteiger partial charge on any atom is -0.478 e. The lowest BCUT2D eigenvalue weighted by molar-refractivity contribution is -0.145. The van der Waals surface area contributed by atoms with Crippen LogP contribution in [0.25, 0.3) is 11.0 Å². The average molecular weight is 344 g/mol. The third-order valence-electron chi connectivity index (χ3n) is 3.33. The van der Waals surface area contributed by atoms with E-state index >= 15 is 0 Å². The third kappa shape index (κ3) is 3.77. The maximum absolute atomic E-state index is 11.6. The monoisotopic (exact) mass is 344 g/mol. The van der Waals surface area contributed by atoms with Crippen LogP contribution < -0.4 is 0 Å². The quantitative estimate of drug-likeness (QED) is 0.597. The number of carboxylic acid groups (broad SMARTS) is 1. The van der Waals surface area contributed by atoms with E-state index < -0.39 is 17.9 Å². The number of hydrogen-bond donors (Lipinski definition) is 1. The lowest BCUT2D eigenvalue weighted by Gasteiger charge is -2.05. The molecule has 0 fully saturated rings. The first-order valence-corrected chi connectivity index (χ1v) is 7.55. The van der Waals surface area contributed by atoms with E-state index in [0.717, 1.165) is 0 Å². The SMILES string of the molecule is CCOC(=O)C(C#N)CN=Nc1c(C(=O)O)cnc2c1cnn2CC. The summed E-state index contributed by atoms with van der Waals surface area (Å²) in [5, 5.41) is 30.6. The lowest BCUT2D eigenvalue weighted by Crippen LogP contribution is -2.18. The number of carboxylic acids is 1. The minimum atomic E-state index is -1.21. The summed E-state index contributed by atoms with van der Waals surface area (Å²) in [5.74, 6) is -3.01. The molecular weight excluding hydrogens is 328 g/mol. The maximum atomic E-state index is 11.6. The van der Waals surface area contributed by atoms with Crippen molar-refractivity contribution in [3.8, 4) is 6.07 Å². The van der Waals surface area contributed by atoms with Gasteiger partial charge in [0.05, 0.1) is 30.8 Å². The van der Waals surface area contributed by atoms with Gasteiger partial charge in [0, 0.05) is 12.7 Å². The molecule has 0 aliphatic rings. The third-order valence-corrected chi connectivity index (χ3v) is 3.33. The molecule has 0 saturated carbocycles. The first-order valence-electron chi connectivity index (χ1n) is 7.55. The zero-order valence-electron chi connectivity index (χ0n) is 13.7. The van der Waals surface area contributed by atoms with Crippen molar-refractivity contribution in [2.24, 2.45) is 16.1 Å². The summed E-state index contributed by atoms with van der Waals surface area (Å²) in [6, 6.07) is 1.79. The number of rotatable bonds is 7. The van der Waals surface area contributed by atoms with Crippen LogP contribution in [0.3, 0.4) is 0 Å². The number of pyridine rings is 1. The Bertz CT molecular complexity index is 867. The molecule has 0 aromatic carbocycles. The fraction of sp³-hybridized carbons (Fsp3) is 0.400. The number of carbonyl (C=O) groups is 2. The number of aryl methyl sites for hydroxylation is 1. The van der Waals surface area contributed by atoms with Gasteiger partial charge < -0.3 is 9.84 Å². The summed E-state index contributed by atoms with van der Waals surface area (Å²) in [6.07, 6.45) is 2.64. The Labute approximate surface area is 142 Å². The molecule has 1 atom stereocenters. The first-order chi connectivity index (χ1) is 12.0. The highest BCUT2D eigenvalue weighted by Crippen LogP contribution is 2.29. The molecule has 0 amide bonds. The molecule has 130 valence electrons. The molecule has 0 radical (unpaired) electrons. The fourth-order valence-corrected chi connectivity index (χ4v) is 2.11. The van der Waals surface area contributed by atoms with Crippen LogP contribution in [-0.2, 0) is 16.1 Å². The van der Waals surface area contributed by atoms with E-state index in [1.165, 1.54) is 12.4 Å². The summed E-state index contributed by atoms with van der Waals surface area (Å²) >= 11 is 0. The number of nitrogens with zero attached hydrogens (tertiary/aromatic N) is 6. The van der Waals surface area contributed by atoms with Crippen LogP contribution in [0.4, 0.5) is 5.69 Å². The second-order valence-corrected chi connectivity index (χ2v) is 4.88. The van der Waals surface area contributed by atoms with Crippen molar-refractivity contribution in [1.82, 2.24) is 14.8 Å². The van der Waals surface area contributed by atoms with Crippen molar-refractivity contribution in [3.63, 3.8) is 0 Å². The summed E-state index contributed by atoms with van der Waals surface area (Å²) in [5.41, 5.74) is 0.415. The van der Waals surface area contributed by atoms with E-state index in [-0.39, 0.29) is 24.4 Å². The summed E-state index contributed by atoms with van der Waals surface area (Å²) < 4.78 is 6.36. The summed E-state index contributed by atoms with van der Waals surface area (Å²) in [4.78, 5) is 27.1.